The summed E-state index contributed by atoms with van der Waals surface area (Å²) in [5, 5.41) is 5.26. The maximum Gasteiger partial charge on any atom is 0.254 e. The van der Waals surface area contributed by atoms with Crippen molar-refractivity contribution in [3.8, 4) is 11.5 Å². The van der Waals surface area contributed by atoms with Gasteiger partial charge in [0.2, 0.25) is 5.91 Å². The second-order valence-corrected chi connectivity index (χ2v) is 9.08. The lowest BCUT2D eigenvalue weighted by Gasteiger charge is -2.41. The number of fused-ring (bicyclic) bond motifs is 1. The lowest BCUT2D eigenvalue weighted by atomic mass is 9.81. The van der Waals surface area contributed by atoms with E-state index in [4.69, 9.17) is 25.8 Å². The van der Waals surface area contributed by atoms with Crippen LogP contribution in [0.5, 0.6) is 11.5 Å². The zero-order valence-electron chi connectivity index (χ0n) is 19.0. The van der Waals surface area contributed by atoms with Gasteiger partial charge in [-0.05, 0) is 29.1 Å². The van der Waals surface area contributed by atoms with Crippen molar-refractivity contribution in [2.75, 3.05) is 39.8 Å². The molecule has 178 valence electrons. The molecule has 3 aromatic rings. The van der Waals surface area contributed by atoms with Gasteiger partial charge in [-0.1, -0.05) is 35.9 Å². The van der Waals surface area contributed by atoms with Crippen molar-refractivity contribution in [3.63, 3.8) is 0 Å². The molecular weight excluding hydrogens is 476 g/mol. The summed E-state index contributed by atoms with van der Waals surface area (Å²) in [6, 6.07) is 13.8. The minimum absolute atomic E-state index is 0.125. The molecule has 0 saturated carbocycles. The molecule has 2 aromatic carbocycles. The summed E-state index contributed by atoms with van der Waals surface area (Å²) in [5.41, 5.74) is 1.60. The molecule has 0 saturated heterocycles. The van der Waals surface area contributed by atoms with E-state index in [0.717, 1.165) is 4.88 Å². The zero-order chi connectivity index (χ0) is 24.2. The second kappa shape index (κ2) is 10.5. The summed E-state index contributed by atoms with van der Waals surface area (Å²) < 4.78 is 16.0. The molecule has 0 bridgehead atoms. The van der Waals surface area contributed by atoms with Crippen LogP contribution in [0, 0.1) is 0 Å². The number of methoxy groups -OCH3 is 3. The number of rotatable bonds is 8. The van der Waals surface area contributed by atoms with Crippen molar-refractivity contribution >= 4 is 40.4 Å². The number of nitrogens with one attached hydrogen (secondary N) is 1. The first-order valence-corrected chi connectivity index (χ1v) is 11.9. The summed E-state index contributed by atoms with van der Waals surface area (Å²) in [6.45, 7) is 0.708. The number of benzene rings is 2. The highest BCUT2D eigenvalue weighted by Crippen LogP contribution is 2.45. The SMILES string of the molecule is COCCN1C(=O)c2ccccc2[C@@H](C(=O)Nc2cc(Cl)c(OC)cc2OC)[C@@H]1c1cccs1. The Morgan fingerprint density at radius 2 is 1.85 bits per heavy atom. The van der Waals surface area contributed by atoms with Gasteiger partial charge in [-0.25, -0.2) is 0 Å². The first-order chi connectivity index (χ1) is 16.5. The molecule has 2 heterocycles. The van der Waals surface area contributed by atoms with Gasteiger partial charge >= 0.3 is 0 Å². The first kappa shape index (κ1) is 24.1. The highest BCUT2D eigenvalue weighted by atomic mass is 35.5. The van der Waals surface area contributed by atoms with Gasteiger partial charge in [-0.15, -0.1) is 11.3 Å². The largest absolute Gasteiger partial charge is 0.495 e. The molecule has 1 aliphatic heterocycles. The van der Waals surface area contributed by atoms with Gasteiger partial charge in [0.25, 0.3) is 5.91 Å². The molecule has 4 rings (SSSR count). The fourth-order valence-corrected chi connectivity index (χ4v) is 5.37. The molecule has 0 radical (unpaired) electrons. The summed E-state index contributed by atoms with van der Waals surface area (Å²) in [7, 11) is 4.61. The third-order valence-electron chi connectivity index (χ3n) is 5.82. The van der Waals surface area contributed by atoms with Gasteiger partial charge in [-0.3, -0.25) is 9.59 Å². The Balaban J connectivity index is 1.80. The van der Waals surface area contributed by atoms with E-state index in [-0.39, 0.29) is 11.8 Å². The number of hydrogen-bond acceptors (Lipinski definition) is 6. The quantitative estimate of drug-likeness (QED) is 0.472. The molecule has 1 aliphatic rings. The van der Waals surface area contributed by atoms with Crippen LogP contribution in [0.4, 0.5) is 5.69 Å². The monoisotopic (exact) mass is 500 g/mol. The van der Waals surface area contributed by atoms with Crippen LogP contribution < -0.4 is 14.8 Å². The van der Waals surface area contributed by atoms with E-state index in [1.165, 1.54) is 25.6 Å². The highest BCUT2D eigenvalue weighted by Gasteiger charge is 2.44. The molecule has 0 fully saturated rings. The van der Waals surface area contributed by atoms with Crippen LogP contribution >= 0.6 is 22.9 Å². The van der Waals surface area contributed by atoms with E-state index >= 15 is 0 Å². The van der Waals surface area contributed by atoms with E-state index < -0.39 is 12.0 Å². The van der Waals surface area contributed by atoms with E-state index in [9.17, 15) is 9.59 Å². The van der Waals surface area contributed by atoms with E-state index in [0.29, 0.717) is 46.5 Å². The fraction of sp³-hybridized carbons (Fsp3) is 0.280. The Morgan fingerprint density at radius 3 is 2.53 bits per heavy atom. The van der Waals surface area contributed by atoms with Crippen molar-refractivity contribution in [1.82, 2.24) is 4.90 Å². The molecule has 2 atom stereocenters. The zero-order valence-corrected chi connectivity index (χ0v) is 20.6. The smallest absolute Gasteiger partial charge is 0.254 e. The third-order valence-corrected chi connectivity index (χ3v) is 7.06. The number of anilines is 1. The second-order valence-electron chi connectivity index (χ2n) is 7.69. The van der Waals surface area contributed by atoms with Crippen molar-refractivity contribution in [2.24, 2.45) is 0 Å². The Hall–Kier alpha value is -3.07. The third kappa shape index (κ3) is 4.49. The predicted molar refractivity (Wildman–Crippen MR) is 132 cm³/mol. The standard InChI is InChI=1S/C25H25ClN2O5S/c1-31-11-10-28-23(21-9-6-12-34-21)22(15-7-4-5-8-16(15)25(28)30)24(29)27-18-13-17(26)19(32-2)14-20(18)33-3/h4-9,12-14,22-23H,10-11H2,1-3H3,(H,27,29)/t22-,23+/m1/s1. The van der Waals surface area contributed by atoms with Crippen molar-refractivity contribution in [3.05, 3.63) is 74.9 Å². The van der Waals surface area contributed by atoms with Gasteiger partial charge in [0.05, 0.1) is 43.5 Å². The molecule has 34 heavy (non-hydrogen) atoms. The van der Waals surface area contributed by atoms with Gasteiger partial charge in [-0.2, -0.15) is 0 Å². The van der Waals surface area contributed by atoms with Gasteiger partial charge < -0.3 is 24.4 Å². The van der Waals surface area contributed by atoms with E-state index in [1.54, 1.807) is 36.3 Å². The summed E-state index contributed by atoms with van der Waals surface area (Å²) in [4.78, 5) is 30.0. The molecule has 2 amide bonds. The van der Waals surface area contributed by atoms with Crippen molar-refractivity contribution in [1.29, 1.82) is 0 Å². The van der Waals surface area contributed by atoms with Crippen LogP contribution in [0.25, 0.3) is 0 Å². The Kier molecular flexibility index (Phi) is 7.41. The molecular formula is C25H25ClN2O5S. The van der Waals surface area contributed by atoms with Crippen LogP contribution in [0.2, 0.25) is 5.02 Å². The Bertz CT molecular complexity index is 1180. The number of carbonyl (C=O) groups is 2. The average Bonchev–Trinajstić information content (AvgIpc) is 3.38. The fourth-order valence-electron chi connectivity index (χ4n) is 4.25. The molecule has 7 nitrogen and oxygen atoms in total. The van der Waals surface area contributed by atoms with Gasteiger partial charge in [0, 0.05) is 30.2 Å². The van der Waals surface area contributed by atoms with Crippen LogP contribution in [-0.4, -0.2) is 51.2 Å². The summed E-state index contributed by atoms with van der Waals surface area (Å²) >= 11 is 7.83. The molecule has 0 unspecified atom stereocenters. The normalized spacial score (nSPS) is 17.3. The molecule has 0 aliphatic carbocycles. The number of thiophene rings is 1. The number of nitrogens with zero attached hydrogens (tertiary/aromatic N) is 1. The van der Waals surface area contributed by atoms with Gasteiger partial charge in [0.15, 0.2) is 0 Å². The number of carbonyl (C=O) groups excluding carboxylic acids is 2. The molecule has 9 heteroatoms. The number of hydrogen-bond donors (Lipinski definition) is 1. The van der Waals surface area contributed by atoms with Crippen LogP contribution in [0.15, 0.2) is 53.9 Å². The maximum absolute atomic E-state index is 13.9. The molecule has 1 aromatic heterocycles. The molecule has 1 N–H and O–H groups in total. The van der Waals surface area contributed by atoms with E-state index in [1.807, 2.05) is 29.6 Å². The highest BCUT2D eigenvalue weighted by molar-refractivity contribution is 7.10. The number of ether oxygens (including phenoxy) is 3. The maximum atomic E-state index is 13.9. The topological polar surface area (TPSA) is 77.1 Å². The van der Waals surface area contributed by atoms with Gasteiger partial charge in [0.1, 0.15) is 11.5 Å². The van der Waals surface area contributed by atoms with Crippen molar-refractivity contribution < 1.29 is 23.8 Å². The molecule has 0 spiro atoms. The minimum Gasteiger partial charge on any atom is -0.495 e. The summed E-state index contributed by atoms with van der Waals surface area (Å²) in [6.07, 6.45) is 0. The minimum atomic E-state index is -0.657. The summed E-state index contributed by atoms with van der Waals surface area (Å²) in [5.74, 6) is -0.207. The first-order valence-electron chi connectivity index (χ1n) is 10.6. The number of amides is 2. The predicted octanol–water partition coefficient (Wildman–Crippen LogP) is 4.98. The lowest BCUT2D eigenvalue weighted by molar-refractivity contribution is -0.119. The lowest BCUT2D eigenvalue weighted by Crippen LogP contribution is -2.47. The number of halogens is 1. The van der Waals surface area contributed by atoms with Crippen LogP contribution in [0.3, 0.4) is 0 Å². The van der Waals surface area contributed by atoms with E-state index in [2.05, 4.69) is 5.32 Å². The Labute approximate surface area is 207 Å². The van der Waals surface area contributed by atoms with Crippen LogP contribution in [-0.2, 0) is 9.53 Å². The Morgan fingerprint density at radius 1 is 1.09 bits per heavy atom. The average molecular weight is 501 g/mol. The van der Waals surface area contributed by atoms with Crippen molar-refractivity contribution in [2.45, 2.75) is 12.0 Å². The van der Waals surface area contributed by atoms with Crippen LogP contribution in [0.1, 0.15) is 32.8 Å².